The molecule has 98 valence electrons. The lowest BCUT2D eigenvalue weighted by atomic mass is 10.2. The van der Waals surface area contributed by atoms with Gasteiger partial charge >= 0.3 is 0 Å². The van der Waals surface area contributed by atoms with Crippen LogP contribution in [0.4, 0.5) is 5.69 Å². The summed E-state index contributed by atoms with van der Waals surface area (Å²) in [7, 11) is 0. The minimum Gasteiger partial charge on any atom is -0.504 e. The van der Waals surface area contributed by atoms with Gasteiger partial charge in [0.05, 0.1) is 11.9 Å². The Labute approximate surface area is 110 Å². The monoisotopic (exact) mass is 258 g/mol. The van der Waals surface area contributed by atoms with Crippen molar-refractivity contribution in [3.63, 3.8) is 0 Å². The zero-order chi connectivity index (χ0) is 13.8. The molecule has 0 atom stereocenters. The van der Waals surface area contributed by atoms with Crippen LogP contribution < -0.4 is 5.43 Å². The molecule has 0 spiro atoms. The number of hydrogen-bond donors (Lipinski definition) is 4. The van der Waals surface area contributed by atoms with Crippen LogP contribution in [0.15, 0.2) is 41.5 Å². The third-order valence-corrected chi connectivity index (χ3v) is 2.69. The molecule has 0 aliphatic rings. The summed E-state index contributed by atoms with van der Waals surface area (Å²) in [6.45, 7) is 1.95. The van der Waals surface area contributed by atoms with E-state index in [2.05, 4.69) is 10.5 Å². The number of nitrogens with one attached hydrogen (secondary N) is 1. The number of hydrogen-bond acceptors (Lipinski definition) is 5. The van der Waals surface area contributed by atoms with Crippen LogP contribution in [0.1, 0.15) is 11.1 Å². The largest absolute Gasteiger partial charge is 0.504 e. The Morgan fingerprint density at radius 1 is 1.00 bits per heavy atom. The van der Waals surface area contributed by atoms with Gasteiger partial charge in [-0.15, -0.1) is 0 Å². The number of benzene rings is 2. The zero-order valence-electron chi connectivity index (χ0n) is 10.3. The fourth-order valence-electron chi connectivity index (χ4n) is 1.56. The molecule has 0 saturated heterocycles. The molecule has 4 N–H and O–H groups in total. The van der Waals surface area contributed by atoms with Gasteiger partial charge in [-0.25, -0.2) is 0 Å². The normalized spacial score (nSPS) is 10.8. The van der Waals surface area contributed by atoms with Gasteiger partial charge in [0.2, 0.25) is 5.75 Å². The molecule has 0 bridgehead atoms. The van der Waals surface area contributed by atoms with Crippen molar-refractivity contribution in [1.29, 1.82) is 0 Å². The van der Waals surface area contributed by atoms with E-state index >= 15 is 0 Å². The number of phenolic OH excluding ortho intramolecular Hbond substituents is 3. The van der Waals surface area contributed by atoms with Gasteiger partial charge in [-0.1, -0.05) is 18.2 Å². The Kier molecular flexibility index (Phi) is 3.56. The highest BCUT2D eigenvalue weighted by Gasteiger charge is 2.08. The van der Waals surface area contributed by atoms with Crippen LogP contribution in [0.3, 0.4) is 0 Å². The third kappa shape index (κ3) is 2.77. The van der Waals surface area contributed by atoms with Gasteiger partial charge in [-0.2, -0.15) is 5.10 Å². The molecule has 0 aliphatic heterocycles. The SMILES string of the molecule is Cc1ccccc1N/N=C/c1ccc(O)c(O)c1O. The molecule has 0 radical (unpaired) electrons. The molecule has 0 aliphatic carbocycles. The molecular formula is C14H14N2O3. The first kappa shape index (κ1) is 12.8. The molecule has 5 nitrogen and oxygen atoms in total. The van der Waals surface area contributed by atoms with Crippen molar-refractivity contribution in [2.45, 2.75) is 6.92 Å². The van der Waals surface area contributed by atoms with Crippen molar-refractivity contribution in [1.82, 2.24) is 0 Å². The van der Waals surface area contributed by atoms with Crippen LogP contribution in [0.2, 0.25) is 0 Å². The summed E-state index contributed by atoms with van der Waals surface area (Å²) in [5.74, 6) is -1.34. The first-order valence-corrected chi connectivity index (χ1v) is 5.68. The Balaban J connectivity index is 2.16. The second kappa shape index (κ2) is 5.30. The molecule has 0 heterocycles. The van der Waals surface area contributed by atoms with Gasteiger partial charge in [0.1, 0.15) is 0 Å². The Morgan fingerprint density at radius 3 is 2.47 bits per heavy atom. The van der Waals surface area contributed by atoms with Crippen molar-refractivity contribution in [2.24, 2.45) is 5.10 Å². The molecule has 0 aromatic heterocycles. The number of hydrazone groups is 1. The van der Waals surface area contributed by atoms with Crippen LogP contribution in [-0.4, -0.2) is 21.5 Å². The van der Waals surface area contributed by atoms with Crippen LogP contribution in [0.25, 0.3) is 0 Å². The molecule has 2 aromatic rings. The molecule has 0 amide bonds. The predicted molar refractivity (Wildman–Crippen MR) is 73.8 cm³/mol. The lowest BCUT2D eigenvalue weighted by Gasteiger charge is -2.05. The Bertz CT molecular complexity index is 624. The standard InChI is InChI=1S/C14H14N2O3/c1-9-4-2-3-5-11(9)16-15-8-10-6-7-12(17)14(19)13(10)18/h2-8,16-19H,1H3/b15-8+. The zero-order valence-corrected chi connectivity index (χ0v) is 10.3. The summed E-state index contributed by atoms with van der Waals surface area (Å²) in [6, 6.07) is 10.4. The minimum absolute atomic E-state index is 0.302. The highest BCUT2D eigenvalue weighted by molar-refractivity contribution is 5.86. The number of rotatable bonds is 3. The molecule has 19 heavy (non-hydrogen) atoms. The topological polar surface area (TPSA) is 85.1 Å². The lowest BCUT2D eigenvalue weighted by Crippen LogP contribution is -1.93. The average molecular weight is 258 g/mol. The quantitative estimate of drug-likeness (QED) is 0.387. The number of nitrogens with zero attached hydrogens (tertiary/aromatic N) is 1. The smallest absolute Gasteiger partial charge is 0.200 e. The number of aromatic hydroxyl groups is 3. The number of anilines is 1. The highest BCUT2D eigenvalue weighted by atomic mass is 16.3. The van der Waals surface area contributed by atoms with Crippen molar-refractivity contribution in [3.05, 3.63) is 47.5 Å². The van der Waals surface area contributed by atoms with Gasteiger partial charge in [0.15, 0.2) is 11.5 Å². The van der Waals surface area contributed by atoms with E-state index in [4.69, 9.17) is 0 Å². The molecule has 0 fully saturated rings. The number of para-hydroxylation sites is 1. The average Bonchev–Trinajstić information content (AvgIpc) is 2.41. The Hall–Kier alpha value is -2.69. The Morgan fingerprint density at radius 2 is 1.74 bits per heavy atom. The second-order valence-corrected chi connectivity index (χ2v) is 4.06. The van der Waals surface area contributed by atoms with Crippen molar-refractivity contribution >= 4 is 11.9 Å². The predicted octanol–water partition coefficient (Wildman–Crippen LogP) is 2.56. The van der Waals surface area contributed by atoms with Gasteiger partial charge in [0, 0.05) is 5.56 Å². The summed E-state index contributed by atoms with van der Waals surface area (Å²) < 4.78 is 0. The van der Waals surface area contributed by atoms with E-state index in [0.717, 1.165) is 11.3 Å². The highest BCUT2D eigenvalue weighted by Crippen LogP contribution is 2.36. The summed E-state index contributed by atoms with van der Waals surface area (Å²) in [4.78, 5) is 0. The maximum absolute atomic E-state index is 9.60. The van der Waals surface area contributed by atoms with Crippen molar-refractivity contribution in [2.75, 3.05) is 5.43 Å². The van der Waals surface area contributed by atoms with E-state index in [9.17, 15) is 15.3 Å². The van der Waals surface area contributed by atoms with Crippen molar-refractivity contribution in [3.8, 4) is 17.2 Å². The summed E-state index contributed by atoms with van der Waals surface area (Å²) in [5.41, 5.74) is 5.03. The van der Waals surface area contributed by atoms with E-state index in [1.807, 2.05) is 31.2 Å². The summed E-state index contributed by atoms with van der Waals surface area (Å²) in [5, 5.41) is 32.1. The number of phenols is 3. The van der Waals surface area contributed by atoms with Crippen LogP contribution in [0.5, 0.6) is 17.2 Å². The summed E-state index contributed by atoms with van der Waals surface area (Å²) >= 11 is 0. The fourth-order valence-corrected chi connectivity index (χ4v) is 1.56. The maximum Gasteiger partial charge on any atom is 0.200 e. The van der Waals surface area contributed by atoms with Crippen molar-refractivity contribution < 1.29 is 15.3 Å². The van der Waals surface area contributed by atoms with Gasteiger partial charge in [0.25, 0.3) is 0 Å². The van der Waals surface area contributed by atoms with E-state index in [0.29, 0.717) is 5.56 Å². The van der Waals surface area contributed by atoms with Gasteiger partial charge in [-0.05, 0) is 30.7 Å². The lowest BCUT2D eigenvalue weighted by molar-refractivity contribution is 0.367. The molecule has 0 unspecified atom stereocenters. The molecule has 2 rings (SSSR count). The molecule has 5 heteroatoms. The fraction of sp³-hybridized carbons (Fsp3) is 0.0714. The molecular weight excluding hydrogens is 244 g/mol. The van der Waals surface area contributed by atoms with E-state index < -0.39 is 11.5 Å². The van der Waals surface area contributed by atoms with Crippen LogP contribution >= 0.6 is 0 Å². The number of aryl methyl sites for hydroxylation is 1. The molecule has 0 saturated carbocycles. The molecule has 2 aromatic carbocycles. The van der Waals surface area contributed by atoms with Crippen LogP contribution in [0, 0.1) is 6.92 Å². The first-order chi connectivity index (χ1) is 9.09. The second-order valence-electron chi connectivity index (χ2n) is 4.06. The summed E-state index contributed by atoms with van der Waals surface area (Å²) in [6.07, 6.45) is 1.36. The first-order valence-electron chi connectivity index (χ1n) is 5.68. The minimum atomic E-state index is -0.556. The van der Waals surface area contributed by atoms with Gasteiger partial charge in [-0.3, -0.25) is 5.43 Å². The maximum atomic E-state index is 9.60. The van der Waals surface area contributed by atoms with E-state index in [-0.39, 0.29) is 5.75 Å². The third-order valence-electron chi connectivity index (χ3n) is 2.69. The van der Waals surface area contributed by atoms with E-state index in [1.165, 1.54) is 18.3 Å². The van der Waals surface area contributed by atoms with Crippen LogP contribution in [-0.2, 0) is 0 Å². The van der Waals surface area contributed by atoms with E-state index in [1.54, 1.807) is 0 Å². The van der Waals surface area contributed by atoms with Gasteiger partial charge < -0.3 is 15.3 Å².